The van der Waals surface area contributed by atoms with E-state index in [4.69, 9.17) is 24.8 Å². The number of nitrogens with two attached hydrogens (primary N) is 1. The first-order valence-corrected chi connectivity index (χ1v) is 22.7. The molecule has 4 N–H and O–H groups in total. The van der Waals surface area contributed by atoms with Crippen molar-refractivity contribution in [1.29, 1.82) is 0 Å². The summed E-state index contributed by atoms with van der Waals surface area (Å²) < 4.78 is 32.6. The zero-order valence-electron chi connectivity index (χ0n) is 33.6. The predicted octanol–water partition coefficient (Wildman–Crippen LogP) is 10.9. The highest BCUT2D eigenvalue weighted by atomic mass is 31.2. The van der Waals surface area contributed by atoms with E-state index in [1.165, 1.54) is 122 Å². The first kappa shape index (κ1) is 51.2. The van der Waals surface area contributed by atoms with Crippen LogP contribution in [0.4, 0.5) is 0 Å². The summed E-state index contributed by atoms with van der Waals surface area (Å²) in [6.07, 6.45) is 35.6. The fraction of sp³-hybridized carbons (Fsp3) is 0.878. The average Bonchev–Trinajstić information content (AvgIpc) is 3.13. The molecule has 0 radical (unpaired) electrons. The molecule has 0 spiro atoms. The van der Waals surface area contributed by atoms with Gasteiger partial charge in [-0.2, -0.15) is 0 Å². The largest absolute Gasteiger partial charge is 0.480 e. The Hall–Kier alpha value is -1.78. The fourth-order valence-electron chi connectivity index (χ4n) is 5.88. The zero-order chi connectivity index (χ0) is 39.3. The molecular formula is C41H78NO10P. The lowest BCUT2D eigenvalue weighted by molar-refractivity contribution is -0.161. The number of carboxylic acids is 1. The van der Waals surface area contributed by atoms with Gasteiger partial charge in [0.15, 0.2) is 6.10 Å². The number of phosphoric ester groups is 1. The van der Waals surface area contributed by atoms with Crippen LogP contribution in [0, 0.1) is 0 Å². The highest BCUT2D eigenvalue weighted by Crippen LogP contribution is 2.43. The molecule has 0 aromatic rings. The topological polar surface area (TPSA) is 172 Å². The van der Waals surface area contributed by atoms with Crippen molar-refractivity contribution in [3.05, 3.63) is 12.2 Å². The van der Waals surface area contributed by atoms with Crippen LogP contribution in [0.3, 0.4) is 0 Å². The van der Waals surface area contributed by atoms with E-state index in [0.717, 1.165) is 38.5 Å². The van der Waals surface area contributed by atoms with Crippen molar-refractivity contribution < 1.29 is 47.5 Å². The van der Waals surface area contributed by atoms with Crippen LogP contribution in [0.2, 0.25) is 0 Å². The Bertz CT molecular complexity index is 963. The summed E-state index contributed by atoms with van der Waals surface area (Å²) in [5.41, 5.74) is 5.33. The lowest BCUT2D eigenvalue weighted by Crippen LogP contribution is -2.34. The van der Waals surface area contributed by atoms with E-state index in [2.05, 4.69) is 30.5 Å². The predicted molar refractivity (Wildman–Crippen MR) is 213 cm³/mol. The van der Waals surface area contributed by atoms with Gasteiger partial charge in [0.2, 0.25) is 0 Å². The quantitative estimate of drug-likeness (QED) is 0.0234. The summed E-state index contributed by atoms with van der Waals surface area (Å²) in [4.78, 5) is 45.9. The summed E-state index contributed by atoms with van der Waals surface area (Å²) in [5.74, 6) is -2.39. The zero-order valence-corrected chi connectivity index (χ0v) is 34.5. The SMILES string of the molecule is CCCCCCCCCCC/C=C/CCCCC(=O)OC[C@H](COP(=O)(O)OC[C@H](N)C(=O)O)OC(=O)CCCCCCCCCCCCCCCC. The number of allylic oxidation sites excluding steroid dienone is 2. The minimum atomic E-state index is -4.71. The van der Waals surface area contributed by atoms with Gasteiger partial charge in [-0.15, -0.1) is 0 Å². The number of unbranched alkanes of at least 4 members (excludes halogenated alkanes) is 24. The highest BCUT2D eigenvalue weighted by molar-refractivity contribution is 7.47. The first-order valence-electron chi connectivity index (χ1n) is 21.2. The third kappa shape index (κ3) is 36.9. The molecule has 0 aromatic carbocycles. The van der Waals surface area contributed by atoms with Crippen molar-refractivity contribution in [2.75, 3.05) is 19.8 Å². The van der Waals surface area contributed by atoms with Crippen molar-refractivity contribution in [1.82, 2.24) is 0 Å². The first-order chi connectivity index (χ1) is 25.6. The van der Waals surface area contributed by atoms with Crippen LogP contribution in [-0.2, 0) is 37.5 Å². The molecular weight excluding hydrogens is 697 g/mol. The summed E-state index contributed by atoms with van der Waals surface area (Å²) in [7, 11) is -4.71. The van der Waals surface area contributed by atoms with Crippen LogP contribution in [0.15, 0.2) is 12.2 Å². The number of aliphatic carboxylic acids is 1. The summed E-state index contributed by atoms with van der Waals surface area (Å²) in [5, 5.41) is 8.87. The number of esters is 2. The monoisotopic (exact) mass is 776 g/mol. The van der Waals surface area contributed by atoms with Crippen LogP contribution >= 0.6 is 7.82 Å². The average molecular weight is 776 g/mol. The van der Waals surface area contributed by atoms with Gasteiger partial charge >= 0.3 is 25.7 Å². The molecule has 0 amide bonds. The van der Waals surface area contributed by atoms with Crippen molar-refractivity contribution in [3.8, 4) is 0 Å². The summed E-state index contributed by atoms with van der Waals surface area (Å²) in [6, 6.07) is -1.52. The van der Waals surface area contributed by atoms with Crippen LogP contribution in [0.1, 0.15) is 200 Å². The van der Waals surface area contributed by atoms with Gasteiger partial charge in [0.25, 0.3) is 0 Å². The van der Waals surface area contributed by atoms with Crippen LogP contribution in [0.5, 0.6) is 0 Å². The second-order valence-electron chi connectivity index (χ2n) is 14.5. The maximum absolute atomic E-state index is 12.6. The Morgan fingerprint density at radius 2 is 0.943 bits per heavy atom. The molecule has 0 aliphatic rings. The van der Waals surface area contributed by atoms with Crippen molar-refractivity contribution in [2.24, 2.45) is 5.73 Å². The lowest BCUT2D eigenvalue weighted by Gasteiger charge is -2.20. The summed E-state index contributed by atoms with van der Waals surface area (Å²) in [6.45, 7) is 2.79. The van der Waals surface area contributed by atoms with Gasteiger partial charge in [-0.25, -0.2) is 4.57 Å². The number of ether oxygens (including phenoxy) is 2. The number of carboxylic acid groups (broad SMARTS) is 1. The minimum absolute atomic E-state index is 0.163. The van der Waals surface area contributed by atoms with E-state index >= 15 is 0 Å². The molecule has 0 fully saturated rings. The van der Waals surface area contributed by atoms with Crippen molar-refractivity contribution in [3.63, 3.8) is 0 Å². The molecule has 3 atom stereocenters. The second-order valence-corrected chi connectivity index (χ2v) is 15.9. The van der Waals surface area contributed by atoms with E-state index in [1.54, 1.807) is 0 Å². The van der Waals surface area contributed by atoms with Crippen LogP contribution < -0.4 is 5.73 Å². The molecule has 12 heteroatoms. The molecule has 11 nitrogen and oxygen atoms in total. The normalized spacial score (nSPS) is 13.9. The molecule has 0 aliphatic carbocycles. The molecule has 0 aliphatic heterocycles. The molecule has 53 heavy (non-hydrogen) atoms. The standard InChI is InChI=1S/C41H78NO10P/c1-3-5-7-9-11-13-15-17-19-21-22-24-26-28-30-32-39(43)49-34-37(35-50-53(47,48)51-36-38(42)41(45)46)52-40(44)33-31-29-27-25-23-20-18-16-14-12-10-8-6-4-2/h22,24,37-38H,3-21,23,25-36,42H2,1-2H3,(H,45,46)(H,47,48)/b24-22+/t37-,38+/m1/s1. The van der Waals surface area contributed by atoms with Gasteiger partial charge in [-0.3, -0.25) is 23.4 Å². The van der Waals surface area contributed by atoms with Gasteiger partial charge in [0.1, 0.15) is 12.6 Å². The molecule has 0 saturated carbocycles. The Kier molecular flexibility index (Phi) is 35.9. The third-order valence-corrected chi connectivity index (χ3v) is 10.2. The molecule has 312 valence electrons. The van der Waals surface area contributed by atoms with Gasteiger partial charge in [-0.1, -0.05) is 161 Å². The minimum Gasteiger partial charge on any atom is -0.480 e. The Morgan fingerprint density at radius 3 is 1.42 bits per heavy atom. The molecule has 0 bridgehead atoms. The van der Waals surface area contributed by atoms with Gasteiger partial charge < -0.3 is 25.2 Å². The number of carbonyl (C=O) groups excluding carboxylic acids is 2. The van der Waals surface area contributed by atoms with E-state index in [0.29, 0.717) is 12.8 Å². The second kappa shape index (κ2) is 37.2. The number of hydrogen-bond donors (Lipinski definition) is 3. The van der Waals surface area contributed by atoms with Crippen molar-refractivity contribution >= 4 is 25.7 Å². The van der Waals surface area contributed by atoms with Crippen LogP contribution in [0.25, 0.3) is 0 Å². The molecule has 1 unspecified atom stereocenters. The summed E-state index contributed by atoms with van der Waals surface area (Å²) >= 11 is 0. The van der Waals surface area contributed by atoms with Gasteiger partial charge in [0.05, 0.1) is 13.2 Å². The maximum Gasteiger partial charge on any atom is 0.472 e. The maximum atomic E-state index is 12.6. The van der Waals surface area contributed by atoms with E-state index in [-0.39, 0.29) is 19.4 Å². The van der Waals surface area contributed by atoms with Gasteiger partial charge in [0, 0.05) is 12.8 Å². The highest BCUT2D eigenvalue weighted by Gasteiger charge is 2.28. The lowest BCUT2D eigenvalue weighted by atomic mass is 10.0. The van der Waals surface area contributed by atoms with E-state index in [1.807, 2.05) is 0 Å². The molecule has 0 saturated heterocycles. The third-order valence-electron chi connectivity index (χ3n) is 9.26. The molecule has 0 heterocycles. The van der Waals surface area contributed by atoms with Crippen molar-refractivity contribution in [2.45, 2.75) is 212 Å². The Balaban J connectivity index is 4.38. The number of rotatable bonds is 40. The van der Waals surface area contributed by atoms with Gasteiger partial charge in [-0.05, 0) is 38.5 Å². The Labute approximate surface area is 322 Å². The smallest absolute Gasteiger partial charge is 0.472 e. The van der Waals surface area contributed by atoms with E-state index in [9.17, 15) is 23.8 Å². The van der Waals surface area contributed by atoms with E-state index < -0.39 is 51.1 Å². The fourth-order valence-corrected chi connectivity index (χ4v) is 6.66. The number of carbonyl (C=O) groups is 3. The molecule has 0 aromatic heterocycles. The molecule has 0 rings (SSSR count). The van der Waals surface area contributed by atoms with Crippen LogP contribution in [-0.4, -0.2) is 59.9 Å². The number of hydrogen-bond acceptors (Lipinski definition) is 9. The Morgan fingerprint density at radius 1 is 0.566 bits per heavy atom. The number of phosphoric acid groups is 1.